The molecule has 10 nitrogen and oxygen atoms in total. The van der Waals surface area contributed by atoms with E-state index in [2.05, 4.69) is 4.98 Å². The summed E-state index contributed by atoms with van der Waals surface area (Å²) >= 11 is 0. The summed E-state index contributed by atoms with van der Waals surface area (Å²) in [5.74, 6) is -0.137. The molecule has 2 amide bonds. The predicted molar refractivity (Wildman–Crippen MR) is 125 cm³/mol. The lowest BCUT2D eigenvalue weighted by Gasteiger charge is -2.26. The fourth-order valence-corrected chi connectivity index (χ4v) is 4.01. The molecule has 0 aliphatic carbocycles. The lowest BCUT2D eigenvalue weighted by Crippen LogP contribution is -2.41. The molecule has 2 aromatic carbocycles. The van der Waals surface area contributed by atoms with Gasteiger partial charge in [0.2, 0.25) is 0 Å². The predicted octanol–water partition coefficient (Wildman–Crippen LogP) is 1.65. The molecule has 4 aromatic rings. The molecule has 0 atom stereocenters. The number of carbonyl (C=O) groups excluding carboxylic acids is 2. The Bertz CT molecular complexity index is 1450. The molecule has 1 aliphatic heterocycles. The summed E-state index contributed by atoms with van der Waals surface area (Å²) in [5, 5.41) is 0. The highest BCUT2D eigenvalue weighted by atomic mass is 16.5. The number of rotatable bonds is 5. The summed E-state index contributed by atoms with van der Waals surface area (Å²) in [6.45, 7) is 0.987. The molecule has 3 heterocycles. The van der Waals surface area contributed by atoms with Crippen molar-refractivity contribution in [2.24, 2.45) is 5.73 Å². The van der Waals surface area contributed by atoms with Gasteiger partial charge in [0.1, 0.15) is 29.7 Å². The van der Waals surface area contributed by atoms with E-state index in [1.807, 2.05) is 0 Å². The Morgan fingerprint density at radius 3 is 2.29 bits per heavy atom. The number of hydrogen-bond donors (Lipinski definition) is 1. The molecule has 1 fully saturated rings. The molecule has 0 spiro atoms. The fourth-order valence-electron chi connectivity index (χ4n) is 4.01. The van der Waals surface area contributed by atoms with Crippen LogP contribution in [0.5, 0.6) is 5.75 Å². The summed E-state index contributed by atoms with van der Waals surface area (Å²) < 4.78 is 13.4. The van der Waals surface area contributed by atoms with Crippen LogP contribution in [0.15, 0.2) is 65.8 Å². The monoisotopic (exact) mass is 459 g/mol. The third-order valence-corrected chi connectivity index (χ3v) is 5.74. The number of hydrogen-bond acceptors (Lipinski definition) is 6. The van der Waals surface area contributed by atoms with Crippen LogP contribution in [-0.2, 0) is 9.53 Å². The minimum atomic E-state index is -0.679. The van der Waals surface area contributed by atoms with Crippen molar-refractivity contribution in [3.63, 3.8) is 0 Å². The lowest BCUT2D eigenvalue weighted by atomic mass is 10.2. The normalized spacial score (nSPS) is 13.9. The van der Waals surface area contributed by atoms with Crippen LogP contribution in [0.1, 0.15) is 10.4 Å². The summed E-state index contributed by atoms with van der Waals surface area (Å²) in [5.41, 5.74) is 7.70. The van der Waals surface area contributed by atoms with E-state index in [4.69, 9.17) is 15.2 Å². The number of benzene rings is 2. The molecule has 0 radical (unpaired) electrons. The number of nitrogens with zero attached hydrogens (tertiary/aromatic N) is 4. The molecule has 172 valence electrons. The minimum Gasteiger partial charge on any atom is -0.497 e. The third kappa shape index (κ3) is 3.59. The number of carbonyl (C=O) groups is 2. The van der Waals surface area contributed by atoms with Crippen LogP contribution < -0.4 is 20.9 Å². The highest BCUT2D eigenvalue weighted by Gasteiger charge is 2.22. The first-order valence-corrected chi connectivity index (χ1v) is 10.5. The highest BCUT2D eigenvalue weighted by Crippen LogP contribution is 2.24. The van der Waals surface area contributed by atoms with Crippen molar-refractivity contribution in [1.29, 1.82) is 0 Å². The van der Waals surface area contributed by atoms with Crippen molar-refractivity contribution in [2.75, 3.05) is 31.8 Å². The van der Waals surface area contributed by atoms with Gasteiger partial charge < -0.3 is 24.7 Å². The van der Waals surface area contributed by atoms with Crippen LogP contribution in [0.25, 0.3) is 22.4 Å². The molecular formula is C24H21N5O5. The van der Waals surface area contributed by atoms with E-state index in [1.54, 1.807) is 65.1 Å². The van der Waals surface area contributed by atoms with Crippen LogP contribution in [0.2, 0.25) is 0 Å². The van der Waals surface area contributed by atoms with E-state index in [9.17, 15) is 14.4 Å². The summed E-state index contributed by atoms with van der Waals surface area (Å²) in [6.07, 6.45) is 2.88. The maximum Gasteiger partial charge on any atom is 0.282 e. The zero-order valence-electron chi connectivity index (χ0n) is 18.3. The fraction of sp³-hybridized carbons (Fsp3) is 0.167. The van der Waals surface area contributed by atoms with Gasteiger partial charge in [0.05, 0.1) is 25.0 Å². The lowest BCUT2D eigenvalue weighted by molar-refractivity contribution is -0.125. The number of primary amides is 1. The van der Waals surface area contributed by atoms with Crippen molar-refractivity contribution in [3.05, 3.63) is 77.0 Å². The Morgan fingerprint density at radius 2 is 1.65 bits per heavy atom. The molecule has 0 unspecified atom stereocenters. The molecule has 0 bridgehead atoms. The van der Waals surface area contributed by atoms with Crippen LogP contribution >= 0.6 is 0 Å². The van der Waals surface area contributed by atoms with Crippen LogP contribution in [0, 0.1) is 0 Å². The van der Waals surface area contributed by atoms with Gasteiger partial charge in [0.15, 0.2) is 0 Å². The topological polar surface area (TPSA) is 122 Å². The number of amides is 2. The number of anilines is 1. The van der Waals surface area contributed by atoms with Gasteiger partial charge in [0, 0.05) is 24.1 Å². The Hall–Kier alpha value is -4.44. The van der Waals surface area contributed by atoms with Crippen LogP contribution in [0.4, 0.5) is 5.69 Å². The molecular weight excluding hydrogens is 438 g/mol. The Kier molecular flexibility index (Phi) is 5.34. The smallest absolute Gasteiger partial charge is 0.282 e. The molecule has 5 rings (SSSR count). The largest absolute Gasteiger partial charge is 0.497 e. The van der Waals surface area contributed by atoms with Gasteiger partial charge in [-0.2, -0.15) is 0 Å². The number of morpholine rings is 1. The standard InChI is InChI=1S/C24H21N5O5/c1-33-18-8-6-16(7-9-18)28-12-19(23(25)31)21-22(28)24(32)29(14-26-21)17-4-2-15(3-5-17)27-10-11-34-13-20(27)30/h2-9,12,14H,10-11,13H2,1H3,(H2,25,31). The maximum atomic E-state index is 13.6. The summed E-state index contributed by atoms with van der Waals surface area (Å²) in [6, 6.07) is 14.1. The molecule has 0 saturated carbocycles. The minimum absolute atomic E-state index is 0.0480. The molecule has 1 aliphatic rings. The van der Waals surface area contributed by atoms with Crippen molar-refractivity contribution < 1.29 is 19.1 Å². The van der Waals surface area contributed by atoms with Crippen LogP contribution in [-0.4, -0.2) is 52.8 Å². The summed E-state index contributed by atoms with van der Waals surface area (Å²) in [7, 11) is 1.56. The van der Waals surface area contributed by atoms with Crippen molar-refractivity contribution >= 4 is 28.5 Å². The zero-order chi connectivity index (χ0) is 23.8. The van der Waals surface area contributed by atoms with Crippen molar-refractivity contribution in [3.8, 4) is 17.1 Å². The Balaban J connectivity index is 1.61. The van der Waals surface area contributed by atoms with E-state index < -0.39 is 5.91 Å². The van der Waals surface area contributed by atoms with E-state index in [1.165, 1.54) is 17.1 Å². The zero-order valence-corrected chi connectivity index (χ0v) is 18.3. The first kappa shape index (κ1) is 21.4. The van der Waals surface area contributed by atoms with Gasteiger partial charge in [-0.1, -0.05) is 0 Å². The quantitative estimate of drug-likeness (QED) is 0.484. The van der Waals surface area contributed by atoms with Gasteiger partial charge in [0.25, 0.3) is 17.4 Å². The average Bonchev–Trinajstić information content (AvgIpc) is 3.26. The van der Waals surface area contributed by atoms with Crippen molar-refractivity contribution in [2.45, 2.75) is 0 Å². The van der Waals surface area contributed by atoms with Gasteiger partial charge in [-0.3, -0.25) is 19.0 Å². The molecule has 2 N–H and O–H groups in total. The number of aromatic nitrogens is 3. The Labute approximate surface area is 193 Å². The van der Waals surface area contributed by atoms with Crippen molar-refractivity contribution in [1.82, 2.24) is 14.1 Å². The third-order valence-electron chi connectivity index (χ3n) is 5.74. The second kappa shape index (κ2) is 8.49. The van der Waals surface area contributed by atoms with E-state index in [0.717, 1.165) is 5.69 Å². The number of methoxy groups -OCH3 is 1. The van der Waals surface area contributed by atoms with E-state index in [-0.39, 0.29) is 34.7 Å². The second-order valence-electron chi connectivity index (χ2n) is 7.71. The SMILES string of the molecule is COc1ccc(-n2cc(C(N)=O)c3ncn(-c4ccc(N5CCOCC5=O)cc4)c(=O)c32)cc1. The first-order chi connectivity index (χ1) is 16.5. The number of ether oxygens (including phenoxy) is 2. The highest BCUT2D eigenvalue weighted by molar-refractivity contribution is 6.05. The van der Waals surface area contributed by atoms with Gasteiger partial charge in [-0.15, -0.1) is 0 Å². The van der Waals surface area contributed by atoms with Gasteiger partial charge in [-0.25, -0.2) is 4.98 Å². The first-order valence-electron chi connectivity index (χ1n) is 10.5. The number of nitrogens with two attached hydrogens (primary N) is 1. The molecule has 34 heavy (non-hydrogen) atoms. The summed E-state index contributed by atoms with van der Waals surface area (Å²) in [4.78, 5) is 43.7. The average molecular weight is 459 g/mol. The number of fused-ring (bicyclic) bond motifs is 1. The van der Waals surface area contributed by atoms with Gasteiger partial charge >= 0.3 is 0 Å². The molecule has 10 heteroatoms. The van der Waals surface area contributed by atoms with Gasteiger partial charge in [-0.05, 0) is 48.5 Å². The second-order valence-corrected chi connectivity index (χ2v) is 7.71. The van der Waals surface area contributed by atoms with E-state index in [0.29, 0.717) is 30.3 Å². The Morgan fingerprint density at radius 1 is 1.00 bits per heavy atom. The molecule has 1 saturated heterocycles. The molecule has 2 aromatic heterocycles. The van der Waals surface area contributed by atoms with Crippen LogP contribution in [0.3, 0.4) is 0 Å². The van der Waals surface area contributed by atoms with E-state index >= 15 is 0 Å². The maximum absolute atomic E-state index is 13.6.